The molecule has 84 valence electrons. The second-order valence-electron chi connectivity index (χ2n) is 4.60. The molecule has 0 aromatic carbocycles. The average molecular weight is 216 g/mol. The number of piperidine rings is 1. The number of rotatable bonds is 2. The molecule has 2 fully saturated rings. The number of methoxy groups -OCH3 is 1. The summed E-state index contributed by atoms with van der Waals surface area (Å²) in [6, 6.07) is 2.03. The van der Waals surface area contributed by atoms with Crippen molar-refractivity contribution in [2.24, 2.45) is 5.92 Å². The van der Waals surface area contributed by atoms with E-state index in [-0.39, 0.29) is 0 Å². The van der Waals surface area contributed by atoms with E-state index in [1.807, 2.05) is 12.3 Å². The fraction of sp³-hybridized carbons (Fsp3) is 0.462. The van der Waals surface area contributed by atoms with Gasteiger partial charge >= 0.3 is 0 Å². The van der Waals surface area contributed by atoms with Gasteiger partial charge < -0.3 is 9.64 Å². The molecule has 2 aliphatic heterocycles. The van der Waals surface area contributed by atoms with Crippen molar-refractivity contribution in [3.05, 3.63) is 29.7 Å². The highest BCUT2D eigenvalue weighted by Gasteiger charge is 2.32. The van der Waals surface area contributed by atoms with Gasteiger partial charge in [0, 0.05) is 25.0 Å². The molecular formula is C13H16N2O. The lowest BCUT2D eigenvalue weighted by atomic mass is 10.0. The quantitative estimate of drug-likeness (QED) is 0.757. The van der Waals surface area contributed by atoms with Crippen molar-refractivity contribution in [1.29, 1.82) is 0 Å². The Morgan fingerprint density at radius 3 is 3.12 bits per heavy atom. The van der Waals surface area contributed by atoms with Gasteiger partial charge in [-0.05, 0) is 36.5 Å². The van der Waals surface area contributed by atoms with Crippen LogP contribution in [0, 0.1) is 5.92 Å². The van der Waals surface area contributed by atoms with Gasteiger partial charge in [0.1, 0.15) is 5.75 Å². The van der Waals surface area contributed by atoms with Crippen molar-refractivity contribution in [2.75, 3.05) is 20.2 Å². The molecule has 1 atom stereocenters. The Morgan fingerprint density at radius 2 is 2.44 bits per heavy atom. The number of hydrogen-bond donors (Lipinski definition) is 0. The van der Waals surface area contributed by atoms with Crippen molar-refractivity contribution < 1.29 is 4.74 Å². The number of nitrogens with zero attached hydrogens (tertiary/aromatic N) is 2. The molecule has 2 aliphatic rings. The normalized spacial score (nSPS) is 25.4. The van der Waals surface area contributed by atoms with E-state index >= 15 is 0 Å². The molecule has 2 saturated heterocycles. The maximum Gasteiger partial charge on any atom is 0.137 e. The van der Waals surface area contributed by atoms with Crippen molar-refractivity contribution in [3.63, 3.8) is 0 Å². The minimum absolute atomic E-state index is 0.826. The van der Waals surface area contributed by atoms with E-state index in [0.717, 1.165) is 17.2 Å². The Morgan fingerprint density at radius 1 is 1.50 bits per heavy atom. The molecule has 0 radical (unpaired) electrons. The smallest absolute Gasteiger partial charge is 0.137 e. The van der Waals surface area contributed by atoms with Crippen LogP contribution in [0.15, 0.2) is 24.2 Å². The molecule has 1 aromatic heterocycles. The van der Waals surface area contributed by atoms with Crippen molar-refractivity contribution in [1.82, 2.24) is 9.88 Å². The van der Waals surface area contributed by atoms with Gasteiger partial charge in [-0.1, -0.05) is 0 Å². The predicted molar refractivity (Wildman–Crippen MR) is 63.1 cm³/mol. The zero-order valence-corrected chi connectivity index (χ0v) is 9.52. The fourth-order valence-corrected chi connectivity index (χ4v) is 2.65. The summed E-state index contributed by atoms with van der Waals surface area (Å²) < 4.78 is 5.18. The van der Waals surface area contributed by atoms with E-state index in [4.69, 9.17) is 4.74 Å². The number of fused-ring (bicyclic) bond motifs is 2. The highest BCUT2D eigenvalue weighted by molar-refractivity contribution is 5.54. The van der Waals surface area contributed by atoms with Crippen LogP contribution in [0.1, 0.15) is 18.4 Å². The van der Waals surface area contributed by atoms with E-state index in [1.165, 1.54) is 31.6 Å². The average Bonchev–Trinajstić information content (AvgIpc) is 2.91. The van der Waals surface area contributed by atoms with Crippen LogP contribution >= 0.6 is 0 Å². The molecule has 1 aromatic rings. The molecular weight excluding hydrogens is 200 g/mol. The van der Waals surface area contributed by atoms with Crippen molar-refractivity contribution in [3.8, 4) is 5.75 Å². The first-order chi connectivity index (χ1) is 7.85. The molecule has 1 unspecified atom stereocenters. The number of hydrogen-bond acceptors (Lipinski definition) is 3. The number of aromatic nitrogens is 1. The van der Waals surface area contributed by atoms with E-state index in [1.54, 1.807) is 13.3 Å². The maximum atomic E-state index is 5.18. The summed E-state index contributed by atoms with van der Waals surface area (Å²) in [4.78, 5) is 6.66. The SMILES string of the molecule is COc1cncc(/C=C2/CC3CCN2C3)c1. The largest absolute Gasteiger partial charge is 0.495 e. The van der Waals surface area contributed by atoms with Crippen LogP contribution in [-0.2, 0) is 0 Å². The van der Waals surface area contributed by atoms with Gasteiger partial charge in [0.25, 0.3) is 0 Å². The lowest BCUT2D eigenvalue weighted by Gasteiger charge is -2.18. The number of pyridine rings is 1. The molecule has 0 amide bonds. The number of ether oxygens (including phenoxy) is 1. The standard InChI is InChI=1S/C13H16N2O/c1-16-13-6-11(7-14-8-13)5-12-4-10-2-3-15(12)9-10/h5-8,10H,2-4,9H2,1H3/b12-5-. The summed E-state index contributed by atoms with van der Waals surface area (Å²) in [7, 11) is 1.68. The molecule has 3 heteroatoms. The second kappa shape index (κ2) is 3.81. The van der Waals surface area contributed by atoms with Crippen LogP contribution in [0.25, 0.3) is 6.08 Å². The fourth-order valence-electron chi connectivity index (χ4n) is 2.65. The van der Waals surface area contributed by atoms with Gasteiger partial charge in [-0.25, -0.2) is 0 Å². The third-order valence-corrected chi connectivity index (χ3v) is 3.49. The molecule has 3 nitrogen and oxygen atoms in total. The monoisotopic (exact) mass is 216 g/mol. The molecule has 3 heterocycles. The Hall–Kier alpha value is -1.51. The van der Waals surface area contributed by atoms with Gasteiger partial charge in [0.15, 0.2) is 0 Å². The minimum Gasteiger partial charge on any atom is -0.495 e. The van der Waals surface area contributed by atoms with Crippen molar-refractivity contribution in [2.45, 2.75) is 12.8 Å². The zero-order chi connectivity index (χ0) is 11.0. The molecule has 0 N–H and O–H groups in total. The van der Waals surface area contributed by atoms with Gasteiger partial charge in [0.2, 0.25) is 0 Å². The Bertz CT molecular complexity index is 428. The van der Waals surface area contributed by atoms with Gasteiger partial charge in [-0.15, -0.1) is 0 Å². The van der Waals surface area contributed by atoms with Gasteiger partial charge in [-0.2, -0.15) is 0 Å². The van der Waals surface area contributed by atoms with Crippen LogP contribution in [-0.4, -0.2) is 30.1 Å². The molecule has 16 heavy (non-hydrogen) atoms. The molecule has 0 aliphatic carbocycles. The third kappa shape index (κ3) is 1.66. The number of allylic oxidation sites excluding steroid dienone is 1. The topological polar surface area (TPSA) is 25.4 Å². The van der Waals surface area contributed by atoms with Gasteiger partial charge in [-0.3, -0.25) is 4.98 Å². The Balaban J connectivity index is 1.85. The lowest BCUT2D eigenvalue weighted by Crippen LogP contribution is -2.14. The van der Waals surface area contributed by atoms with Crippen LogP contribution in [0.3, 0.4) is 0 Å². The summed E-state index contributed by atoms with van der Waals surface area (Å²) in [5.74, 6) is 1.72. The second-order valence-corrected chi connectivity index (χ2v) is 4.60. The highest BCUT2D eigenvalue weighted by Crippen LogP contribution is 2.36. The Labute approximate surface area is 95.7 Å². The van der Waals surface area contributed by atoms with E-state index in [0.29, 0.717) is 0 Å². The maximum absolute atomic E-state index is 5.18. The molecule has 0 spiro atoms. The van der Waals surface area contributed by atoms with Crippen LogP contribution < -0.4 is 4.74 Å². The lowest BCUT2D eigenvalue weighted by molar-refractivity contribution is 0.412. The van der Waals surface area contributed by atoms with Crippen molar-refractivity contribution >= 4 is 6.08 Å². The molecule has 3 rings (SSSR count). The molecule has 2 bridgehead atoms. The predicted octanol–water partition coefficient (Wildman–Crippen LogP) is 2.16. The van der Waals surface area contributed by atoms with Crippen LogP contribution in [0.5, 0.6) is 5.75 Å². The van der Waals surface area contributed by atoms with E-state index < -0.39 is 0 Å². The van der Waals surface area contributed by atoms with Gasteiger partial charge in [0.05, 0.1) is 13.3 Å². The Kier molecular flexibility index (Phi) is 2.31. The highest BCUT2D eigenvalue weighted by atomic mass is 16.5. The minimum atomic E-state index is 0.826. The summed E-state index contributed by atoms with van der Waals surface area (Å²) in [5, 5.41) is 0. The summed E-state index contributed by atoms with van der Waals surface area (Å²) in [5.41, 5.74) is 2.60. The first-order valence-corrected chi connectivity index (χ1v) is 5.80. The van der Waals surface area contributed by atoms with Crippen LogP contribution in [0.2, 0.25) is 0 Å². The summed E-state index contributed by atoms with van der Waals surface area (Å²) >= 11 is 0. The first kappa shape index (κ1) is 9.70. The zero-order valence-electron chi connectivity index (χ0n) is 9.52. The van der Waals surface area contributed by atoms with E-state index in [9.17, 15) is 0 Å². The summed E-state index contributed by atoms with van der Waals surface area (Å²) in [6.45, 7) is 2.48. The third-order valence-electron chi connectivity index (χ3n) is 3.49. The first-order valence-electron chi connectivity index (χ1n) is 5.80. The van der Waals surface area contributed by atoms with E-state index in [2.05, 4.69) is 16.0 Å². The van der Waals surface area contributed by atoms with Crippen LogP contribution in [0.4, 0.5) is 0 Å². The molecule has 0 saturated carbocycles. The summed E-state index contributed by atoms with van der Waals surface area (Å²) in [6.07, 6.45) is 8.48.